The smallest absolute Gasteiger partial charge is 0.268 e. The first-order chi connectivity index (χ1) is 14.7. The summed E-state index contributed by atoms with van der Waals surface area (Å²) in [5.41, 5.74) is -1.41. The lowest BCUT2D eigenvalue weighted by Crippen LogP contribution is -2.36. The van der Waals surface area contributed by atoms with Crippen LogP contribution in [-0.4, -0.2) is 28.5 Å². The Balaban J connectivity index is 2.15. The molecule has 11 heteroatoms. The second-order valence-corrected chi connectivity index (χ2v) is 8.23. The Kier molecular flexibility index (Phi) is 6.07. The third-order valence-electron chi connectivity index (χ3n) is 4.30. The number of nitro groups is 2. The van der Waals surface area contributed by atoms with Gasteiger partial charge in [-0.05, 0) is 17.7 Å². The van der Waals surface area contributed by atoms with Gasteiger partial charge in [0.15, 0.2) is 0 Å². The van der Waals surface area contributed by atoms with Crippen LogP contribution in [0.15, 0.2) is 83.8 Å². The molecular weight excluding hydrogens is 426 g/mol. The third-order valence-corrected chi connectivity index (χ3v) is 6.04. The zero-order valence-electron chi connectivity index (χ0n) is 15.8. The van der Waals surface area contributed by atoms with Gasteiger partial charge in [0.05, 0.1) is 32.9 Å². The second-order valence-electron chi connectivity index (χ2n) is 6.37. The lowest BCUT2D eigenvalue weighted by atomic mass is 10.1. The Bertz CT molecular complexity index is 1210. The van der Waals surface area contributed by atoms with Crippen molar-refractivity contribution in [1.82, 2.24) is 4.31 Å². The van der Waals surface area contributed by atoms with Gasteiger partial charge in [0, 0.05) is 12.1 Å². The molecule has 0 spiro atoms. The van der Waals surface area contributed by atoms with Crippen molar-refractivity contribution in [2.75, 3.05) is 0 Å². The minimum absolute atomic E-state index is 0.167. The highest BCUT2D eigenvalue weighted by molar-refractivity contribution is 7.89. The lowest BCUT2D eigenvalue weighted by molar-refractivity contribution is -0.394. The van der Waals surface area contributed by atoms with Crippen LogP contribution in [0.5, 0.6) is 0 Å². The van der Waals surface area contributed by atoms with E-state index in [1.807, 2.05) is 0 Å². The van der Waals surface area contributed by atoms with E-state index in [-0.39, 0.29) is 11.4 Å². The fourth-order valence-corrected chi connectivity index (χ4v) is 4.21. The SMILES string of the molecule is O=C(c1cc([N+](=O)[O-])cc([N+](=O)[O-])c1)N(Cc1ccccc1)S(=O)(=O)c1ccccc1. The maximum atomic E-state index is 13.2. The summed E-state index contributed by atoms with van der Waals surface area (Å²) in [5, 5.41) is 22.3. The number of amides is 1. The summed E-state index contributed by atoms with van der Waals surface area (Å²) in [6.45, 7) is -0.368. The fraction of sp³-hybridized carbons (Fsp3) is 0.0500. The number of hydrogen-bond donors (Lipinski definition) is 0. The molecule has 0 fully saturated rings. The number of non-ortho nitro benzene ring substituents is 2. The highest BCUT2D eigenvalue weighted by Crippen LogP contribution is 2.26. The molecule has 3 rings (SSSR count). The molecule has 0 aliphatic heterocycles. The minimum atomic E-state index is -4.37. The largest absolute Gasteiger partial charge is 0.277 e. The van der Waals surface area contributed by atoms with Crippen LogP contribution in [0.25, 0.3) is 0 Å². The van der Waals surface area contributed by atoms with E-state index in [1.54, 1.807) is 36.4 Å². The number of hydrogen-bond acceptors (Lipinski definition) is 7. The van der Waals surface area contributed by atoms with Gasteiger partial charge in [-0.2, -0.15) is 0 Å². The van der Waals surface area contributed by atoms with Gasteiger partial charge in [-0.3, -0.25) is 25.0 Å². The number of rotatable bonds is 7. The molecule has 1 amide bonds. The van der Waals surface area contributed by atoms with Crippen molar-refractivity contribution in [3.05, 3.63) is 110 Å². The first kappa shape index (κ1) is 21.6. The van der Waals surface area contributed by atoms with E-state index in [1.165, 1.54) is 24.3 Å². The molecule has 3 aromatic carbocycles. The van der Waals surface area contributed by atoms with E-state index in [0.717, 1.165) is 12.1 Å². The van der Waals surface area contributed by atoms with Crippen LogP contribution in [0, 0.1) is 20.2 Å². The molecule has 0 saturated heterocycles. The molecule has 0 atom stereocenters. The van der Waals surface area contributed by atoms with E-state index >= 15 is 0 Å². The molecule has 0 heterocycles. The first-order valence-corrected chi connectivity index (χ1v) is 10.2. The zero-order chi connectivity index (χ0) is 22.6. The van der Waals surface area contributed by atoms with Crippen LogP contribution in [0.1, 0.15) is 15.9 Å². The Morgan fingerprint density at radius 1 is 0.806 bits per heavy atom. The molecule has 0 aliphatic rings. The van der Waals surface area contributed by atoms with E-state index in [2.05, 4.69) is 0 Å². The number of carbonyl (C=O) groups excluding carboxylic acids is 1. The van der Waals surface area contributed by atoms with Crippen molar-refractivity contribution >= 4 is 27.3 Å². The van der Waals surface area contributed by atoms with Crippen molar-refractivity contribution in [2.24, 2.45) is 0 Å². The summed E-state index contributed by atoms with van der Waals surface area (Å²) in [7, 11) is -4.37. The first-order valence-electron chi connectivity index (χ1n) is 8.80. The van der Waals surface area contributed by atoms with Crippen LogP contribution in [-0.2, 0) is 16.6 Å². The molecule has 0 aromatic heterocycles. The summed E-state index contributed by atoms with van der Waals surface area (Å²) in [6.07, 6.45) is 0. The Hall–Kier alpha value is -4.12. The number of nitro benzene ring substituents is 2. The highest BCUT2D eigenvalue weighted by Gasteiger charge is 2.32. The molecule has 158 valence electrons. The summed E-state index contributed by atoms with van der Waals surface area (Å²) >= 11 is 0. The third kappa shape index (κ3) is 4.73. The molecule has 31 heavy (non-hydrogen) atoms. The van der Waals surface area contributed by atoms with Gasteiger partial charge < -0.3 is 0 Å². The summed E-state index contributed by atoms with van der Waals surface area (Å²) in [5.74, 6) is -1.13. The van der Waals surface area contributed by atoms with Crippen molar-refractivity contribution in [3.8, 4) is 0 Å². The molecule has 0 saturated carbocycles. The average molecular weight is 441 g/mol. The predicted octanol–water partition coefficient (Wildman–Crippen LogP) is 3.53. The van der Waals surface area contributed by atoms with Crippen molar-refractivity contribution in [2.45, 2.75) is 11.4 Å². The van der Waals surface area contributed by atoms with Crippen molar-refractivity contribution in [1.29, 1.82) is 0 Å². The number of sulfonamides is 1. The van der Waals surface area contributed by atoms with E-state index in [9.17, 15) is 33.4 Å². The second kappa shape index (κ2) is 8.71. The molecule has 0 unspecified atom stereocenters. The molecule has 3 aromatic rings. The minimum Gasteiger partial charge on any atom is -0.268 e. The van der Waals surface area contributed by atoms with Gasteiger partial charge in [-0.1, -0.05) is 48.5 Å². The van der Waals surface area contributed by atoms with Gasteiger partial charge in [0.2, 0.25) is 0 Å². The maximum absolute atomic E-state index is 13.2. The molecule has 0 radical (unpaired) electrons. The number of benzene rings is 3. The molecular formula is C20H15N3O7S. The molecule has 0 aliphatic carbocycles. The van der Waals surface area contributed by atoms with E-state index in [4.69, 9.17) is 0 Å². The van der Waals surface area contributed by atoms with Gasteiger partial charge in [0.25, 0.3) is 27.3 Å². The summed E-state index contributed by atoms with van der Waals surface area (Å²) < 4.78 is 27.0. The monoisotopic (exact) mass is 441 g/mol. The number of nitrogens with zero attached hydrogens (tertiary/aromatic N) is 3. The number of carbonyl (C=O) groups is 1. The highest BCUT2D eigenvalue weighted by atomic mass is 32.2. The topological polar surface area (TPSA) is 141 Å². The van der Waals surface area contributed by atoms with Gasteiger partial charge in [-0.15, -0.1) is 0 Å². The lowest BCUT2D eigenvalue weighted by Gasteiger charge is -2.23. The van der Waals surface area contributed by atoms with Crippen LogP contribution >= 0.6 is 0 Å². The van der Waals surface area contributed by atoms with Crippen LogP contribution in [0.2, 0.25) is 0 Å². The molecule has 10 nitrogen and oxygen atoms in total. The average Bonchev–Trinajstić information content (AvgIpc) is 2.77. The molecule has 0 N–H and O–H groups in total. The van der Waals surface area contributed by atoms with Crippen molar-refractivity contribution < 1.29 is 23.1 Å². The normalized spacial score (nSPS) is 11.0. The molecule has 0 bridgehead atoms. The van der Waals surface area contributed by atoms with Gasteiger partial charge >= 0.3 is 0 Å². The fourth-order valence-electron chi connectivity index (χ4n) is 2.81. The van der Waals surface area contributed by atoms with Crippen LogP contribution in [0.3, 0.4) is 0 Å². The van der Waals surface area contributed by atoms with Crippen LogP contribution < -0.4 is 0 Å². The Morgan fingerprint density at radius 3 is 1.77 bits per heavy atom. The van der Waals surface area contributed by atoms with Crippen LogP contribution in [0.4, 0.5) is 11.4 Å². The van der Waals surface area contributed by atoms with E-state index < -0.39 is 42.7 Å². The van der Waals surface area contributed by atoms with Gasteiger partial charge in [-0.25, -0.2) is 12.7 Å². The Morgan fingerprint density at radius 2 is 1.29 bits per heavy atom. The van der Waals surface area contributed by atoms with E-state index in [0.29, 0.717) is 15.9 Å². The zero-order valence-corrected chi connectivity index (χ0v) is 16.6. The van der Waals surface area contributed by atoms with Gasteiger partial charge in [0.1, 0.15) is 0 Å². The predicted molar refractivity (Wildman–Crippen MR) is 110 cm³/mol. The maximum Gasteiger partial charge on any atom is 0.277 e. The summed E-state index contributed by atoms with van der Waals surface area (Å²) in [4.78, 5) is 33.6. The summed E-state index contributed by atoms with van der Waals surface area (Å²) in [6, 6.07) is 17.7. The quantitative estimate of drug-likeness (QED) is 0.403. The standard InChI is InChI=1S/C20H15N3O7S/c24-20(16-11-17(22(25)26)13-18(12-16)23(27)28)21(14-15-7-3-1-4-8-15)31(29,30)19-9-5-2-6-10-19/h1-13H,14H2. The Labute approximate surface area is 176 Å². The van der Waals surface area contributed by atoms with Crippen molar-refractivity contribution in [3.63, 3.8) is 0 Å².